The van der Waals surface area contributed by atoms with E-state index in [1.54, 1.807) is 43.8 Å². The van der Waals surface area contributed by atoms with Gasteiger partial charge in [0.2, 0.25) is 5.95 Å². The number of fused-ring (bicyclic) bond motifs is 1. The molecule has 2 aromatic rings. The molecule has 2 fully saturated rings. The Kier molecular flexibility index (Phi) is 5.53. The number of aromatic nitrogens is 2. The molecular formula is C21H25N3O5. The molecule has 0 radical (unpaired) electrons. The molecule has 0 bridgehead atoms. The summed E-state index contributed by atoms with van der Waals surface area (Å²) in [5.41, 5.74) is 0.428. The van der Waals surface area contributed by atoms with Crippen molar-refractivity contribution in [1.82, 2.24) is 9.97 Å². The van der Waals surface area contributed by atoms with E-state index in [-0.39, 0.29) is 6.10 Å². The molecule has 0 amide bonds. The Balaban J connectivity index is 1.42. The van der Waals surface area contributed by atoms with Gasteiger partial charge in [0.15, 0.2) is 5.75 Å². The van der Waals surface area contributed by atoms with Gasteiger partial charge in [-0.15, -0.1) is 0 Å². The molecule has 2 heterocycles. The first-order valence-corrected chi connectivity index (χ1v) is 9.71. The number of hydrogen-bond acceptors (Lipinski definition) is 8. The van der Waals surface area contributed by atoms with E-state index in [1.165, 1.54) is 7.11 Å². The van der Waals surface area contributed by atoms with Crippen LogP contribution in [0.4, 0.5) is 5.95 Å². The second-order valence-electron chi connectivity index (χ2n) is 7.56. The molecule has 1 aliphatic carbocycles. The van der Waals surface area contributed by atoms with E-state index in [0.717, 1.165) is 19.5 Å². The SMILES string of the molecule is COC(=O)c1cccc(O[C@@H]2C[C@@H]3CN(c4ncc(OC)cn4)C[C@@H]3C[C@H]2O)c1. The normalized spacial score (nSPS) is 26.0. The Morgan fingerprint density at radius 3 is 2.52 bits per heavy atom. The first kappa shape index (κ1) is 19.4. The molecule has 1 N–H and O–H groups in total. The third-order valence-electron chi connectivity index (χ3n) is 5.76. The lowest BCUT2D eigenvalue weighted by molar-refractivity contribution is -0.0231. The predicted octanol–water partition coefficient (Wildman–Crippen LogP) is 1.93. The fraction of sp³-hybridized carbons (Fsp3) is 0.476. The average Bonchev–Trinajstić information content (AvgIpc) is 3.16. The number of aliphatic hydroxyl groups is 1. The maximum atomic E-state index is 11.7. The smallest absolute Gasteiger partial charge is 0.337 e. The highest BCUT2D eigenvalue weighted by Gasteiger charge is 2.43. The van der Waals surface area contributed by atoms with Crippen molar-refractivity contribution in [3.8, 4) is 11.5 Å². The quantitative estimate of drug-likeness (QED) is 0.763. The number of nitrogens with zero attached hydrogens (tertiary/aromatic N) is 3. The van der Waals surface area contributed by atoms with Crippen molar-refractivity contribution in [3.05, 3.63) is 42.2 Å². The zero-order chi connectivity index (χ0) is 20.4. The van der Waals surface area contributed by atoms with Gasteiger partial charge in [-0.1, -0.05) is 6.07 Å². The van der Waals surface area contributed by atoms with E-state index in [9.17, 15) is 9.90 Å². The van der Waals surface area contributed by atoms with Gasteiger partial charge in [0.05, 0.1) is 38.3 Å². The number of ether oxygens (including phenoxy) is 3. The van der Waals surface area contributed by atoms with Crippen LogP contribution in [0, 0.1) is 11.8 Å². The van der Waals surface area contributed by atoms with Crippen molar-refractivity contribution in [2.45, 2.75) is 25.0 Å². The molecule has 8 heteroatoms. The summed E-state index contributed by atoms with van der Waals surface area (Å²) in [6.45, 7) is 1.64. The van der Waals surface area contributed by atoms with Gasteiger partial charge in [0.1, 0.15) is 11.9 Å². The van der Waals surface area contributed by atoms with Crippen molar-refractivity contribution in [3.63, 3.8) is 0 Å². The number of carbonyl (C=O) groups is 1. The molecule has 1 saturated carbocycles. The third kappa shape index (κ3) is 4.12. The molecule has 1 aromatic carbocycles. The molecule has 1 saturated heterocycles. The molecule has 154 valence electrons. The highest BCUT2D eigenvalue weighted by atomic mass is 16.5. The number of aliphatic hydroxyl groups excluding tert-OH is 1. The second-order valence-corrected chi connectivity index (χ2v) is 7.56. The van der Waals surface area contributed by atoms with Crippen LogP contribution in [-0.4, -0.2) is 60.6 Å². The monoisotopic (exact) mass is 399 g/mol. The van der Waals surface area contributed by atoms with Gasteiger partial charge < -0.3 is 24.2 Å². The molecule has 4 atom stereocenters. The highest BCUT2D eigenvalue weighted by Crippen LogP contribution is 2.39. The summed E-state index contributed by atoms with van der Waals surface area (Å²) >= 11 is 0. The molecule has 1 aliphatic heterocycles. The Bertz CT molecular complexity index is 860. The second kappa shape index (κ2) is 8.24. The van der Waals surface area contributed by atoms with Crippen molar-refractivity contribution < 1.29 is 24.1 Å². The number of hydrogen-bond donors (Lipinski definition) is 1. The number of carbonyl (C=O) groups excluding carboxylic acids is 1. The lowest BCUT2D eigenvalue weighted by atomic mass is 9.78. The summed E-state index contributed by atoms with van der Waals surface area (Å²) in [6.07, 6.45) is 3.86. The zero-order valence-corrected chi connectivity index (χ0v) is 16.5. The first-order chi connectivity index (χ1) is 14.1. The van der Waals surface area contributed by atoms with Crippen LogP contribution in [-0.2, 0) is 4.74 Å². The lowest BCUT2D eigenvalue weighted by Gasteiger charge is -2.35. The summed E-state index contributed by atoms with van der Waals surface area (Å²) in [4.78, 5) is 22.6. The van der Waals surface area contributed by atoms with E-state index in [4.69, 9.17) is 14.2 Å². The largest absolute Gasteiger partial charge is 0.494 e. The summed E-state index contributed by atoms with van der Waals surface area (Å²) in [6, 6.07) is 6.86. The molecule has 0 spiro atoms. The van der Waals surface area contributed by atoms with Crippen LogP contribution >= 0.6 is 0 Å². The van der Waals surface area contributed by atoms with E-state index in [2.05, 4.69) is 14.9 Å². The van der Waals surface area contributed by atoms with Crippen LogP contribution in [0.1, 0.15) is 23.2 Å². The van der Waals surface area contributed by atoms with E-state index in [1.807, 2.05) is 0 Å². The number of rotatable bonds is 5. The zero-order valence-electron chi connectivity index (χ0n) is 16.5. The van der Waals surface area contributed by atoms with Crippen LogP contribution < -0.4 is 14.4 Å². The third-order valence-corrected chi connectivity index (χ3v) is 5.76. The standard InChI is InChI=1S/C21H25N3O5/c1-27-17-9-22-21(23-10-17)24-11-14-7-18(25)19(8-15(14)12-24)29-16-5-3-4-13(6-16)20(26)28-2/h3-6,9-10,14-15,18-19,25H,7-8,11-12H2,1-2H3/t14-,15+,18+,19+/m0/s1. The Labute approximate surface area is 169 Å². The summed E-state index contributed by atoms with van der Waals surface area (Å²) in [5.74, 6) is 2.21. The van der Waals surface area contributed by atoms with Crippen LogP contribution in [0.3, 0.4) is 0 Å². The topological polar surface area (TPSA) is 94.0 Å². The molecule has 0 unspecified atom stereocenters. The predicted molar refractivity (Wildman–Crippen MR) is 105 cm³/mol. The fourth-order valence-corrected chi connectivity index (χ4v) is 4.25. The van der Waals surface area contributed by atoms with Crippen LogP contribution in [0.15, 0.2) is 36.7 Å². The molecule has 4 rings (SSSR count). The van der Waals surface area contributed by atoms with Gasteiger partial charge in [-0.25, -0.2) is 14.8 Å². The minimum atomic E-state index is -0.560. The first-order valence-electron chi connectivity index (χ1n) is 9.71. The van der Waals surface area contributed by atoms with Gasteiger partial charge >= 0.3 is 5.97 Å². The number of benzene rings is 1. The van der Waals surface area contributed by atoms with Gasteiger partial charge in [0, 0.05) is 13.1 Å². The number of methoxy groups -OCH3 is 2. The van der Waals surface area contributed by atoms with Gasteiger partial charge in [0.25, 0.3) is 0 Å². The molecule has 29 heavy (non-hydrogen) atoms. The molecule has 1 aromatic heterocycles. The van der Waals surface area contributed by atoms with Crippen molar-refractivity contribution in [1.29, 1.82) is 0 Å². The molecule has 8 nitrogen and oxygen atoms in total. The maximum Gasteiger partial charge on any atom is 0.337 e. The van der Waals surface area contributed by atoms with Crippen LogP contribution in [0.25, 0.3) is 0 Å². The van der Waals surface area contributed by atoms with Crippen LogP contribution in [0.2, 0.25) is 0 Å². The maximum absolute atomic E-state index is 11.7. The van der Waals surface area contributed by atoms with Crippen molar-refractivity contribution >= 4 is 11.9 Å². The van der Waals surface area contributed by atoms with Gasteiger partial charge in [-0.05, 0) is 42.9 Å². The summed E-state index contributed by atoms with van der Waals surface area (Å²) in [7, 11) is 2.93. The van der Waals surface area contributed by atoms with Crippen LogP contribution in [0.5, 0.6) is 11.5 Å². The fourth-order valence-electron chi connectivity index (χ4n) is 4.25. The Hall–Kier alpha value is -2.87. The average molecular weight is 399 g/mol. The summed E-state index contributed by atoms with van der Waals surface area (Å²) < 4.78 is 15.9. The lowest BCUT2D eigenvalue weighted by Crippen LogP contribution is -2.42. The van der Waals surface area contributed by atoms with Crippen molar-refractivity contribution in [2.24, 2.45) is 11.8 Å². The minimum Gasteiger partial charge on any atom is -0.494 e. The number of esters is 1. The van der Waals surface area contributed by atoms with E-state index >= 15 is 0 Å². The summed E-state index contributed by atoms with van der Waals surface area (Å²) in [5, 5.41) is 10.6. The molecule has 2 aliphatic rings. The van der Waals surface area contributed by atoms with E-state index < -0.39 is 12.1 Å². The number of anilines is 1. The van der Waals surface area contributed by atoms with Gasteiger partial charge in [-0.2, -0.15) is 0 Å². The Morgan fingerprint density at radius 2 is 1.83 bits per heavy atom. The van der Waals surface area contributed by atoms with Crippen molar-refractivity contribution in [2.75, 3.05) is 32.2 Å². The Morgan fingerprint density at radius 1 is 1.10 bits per heavy atom. The molecular weight excluding hydrogens is 374 g/mol. The minimum absolute atomic E-state index is 0.319. The van der Waals surface area contributed by atoms with Gasteiger partial charge in [-0.3, -0.25) is 0 Å². The highest BCUT2D eigenvalue weighted by molar-refractivity contribution is 5.89. The van der Waals surface area contributed by atoms with E-state index in [0.29, 0.717) is 41.3 Å².